The van der Waals surface area contributed by atoms with E-state index < -0.39 is 0 Å². The van der Waals surface area contributed by atoms with Crippen LogP contribution in [0.2, 0.25) is 0 Å². The second-order valence-corrected chi connectivity index (χ2v) is 7.34. The van der Waals surface area contributed by atoms with Crippen LogP contribution in [-0.4, -0.2) is 21.2 Å². The van der Waals surface area contributed by atoms with Crippen LogP contribution in [0.3, 0.4) is 0 Å². The number of carbonyl (C=O) groups is 1. The second-order valence-electron chi connectivity index (χ2n) is 6.43. The summed E-state index contributed by atoms with van der Waals surface area (Å²) < 4.78 is 0. The zero-order valence-electron chi connectivity index (χ0n) is 13.8. The van der Waals surface area contributed by atoms with Crippen LogP contribution in [0.15, 0.2) is 42.0 Å². The number of aromatic nitrogens is 3. The summed E-state index contributed by atoms with van der Waals surface area (Å²) in [4.78, 5) is 16.1. The molecule has 0 aliphatic heterocycles. The molecule has 24 heavy (non-hydrogen) atoms. The Morgan fingerprint density at radius 3 is 2.54 bits per heavy atom. The van der Waals surface area contributed by atoms with Crippen molar-refractivity contribution in [3.05, 3.63) is 47.7 Å². The second kappa shape index (κ2) is 6.45. The van der Waals surface area contributed by atoms with Crippen LogP contribution >= 0.6 is 11.3 Å². The SMILES string of the molecule is CC(C)(C)c1cc(NC(=O)Nc2cc(-c3ccncc3)cs2)n[nH]1. The molecule has 0 aliphatic carbocycles. The van der Waals surface area contributed by atoms with Crippen LogP contribution in [0.5, 0.6) is 0 Å². The van der Waals surface area contributed by atoms with E-state index in [2.05, 4.69) is 46.6 Å². The molecule has 0 aromatic carbocycles. The quantitative estimate of drug-likeness (QED) is 0.657. The molecule has 0 atom stereocenters. The maximum atomic E-state index is 12.1. The third-order valence-electron chi connectivity index (χ3n) is 3.48. The van der Waals surface area contributed by atoms with Gasteiger partial charge < -0.3 is 0 Å². The van der Waals surface area contributed by atoms with Gasteiger partial charge in [-0.05, 0) is 29.3 Å². The van der Waals surface area contributed by atoms with E-state index in [0.717, 1.165) is 21.8 Å². The molecule has 0 aliphatic rings. The van der Waals surface area contributed by atoms with Gasteiger partial charge in [-0.1, -0.05) is 20.8 Å². The highest BCUT2D eigenvalue weighted by molar-refractivity contribution is 7.14. The summed E-state index contributed by atoms with van der Waals surface area (Å²) in [6.07, 6.45) is 3.49. The number of hydrogen-bond donors (Lipinski definition) is 3. The van der Waals surface area contributed by atoms with Crippen molar-refractivity contribution in [1.82, 2.24) is 15.2 Å². The van der Waals surface area contributed by atoms with Crippen LogP contribution < -0.4 is 10.6 Å². The third kappa shape index (κ3) is 3.80. The number of amides is 2. The Morgan fingerprint density at radius 1 is 1.12 bits per heavy atom. The van der Waals surface area contributed by atoms with E-state index in [-0.39, 0.29) is 11.4 Å². The zero-order valence-corrected chi connectivity index (χ0v) is 14.6. The van der Waals surface area contributed by atoms with Crippen molar-refractivity contribution in [2.45, 2.75) is 26.2 Å². The maximum Gasteiger partial charge on any atom is 0.325 e. The number of H-pyrrole nitrogens is 1. The van der Waals surface area contributed by atoms with Gasteiger partial charge in [0.25, 0.3) is 0 Å². The molecule has 0 radical (unpaired) electrons. The number of rotatable bonds is 3. The standard InChI is InChI=1S/C17H19N5OS/c1-17(2,3)13-9-14(22-21-13)19-16(23)20-15-8-12(10-24-15)11-4-6-18-7-5-11/h4-10H,1-3H3,(H3,19,20,21,22,23). The van der Waals surface area contributed by atoms with E-state index in [0.29, 0.717) is 5.82 Å². The van der Waals surface area contributed by atoms with Crippen LogP contribution in [0.25, 0.3) is 11.1 Å². The van der Waals surface area contributed by atoms with Gasteiger partial charge in [0.15, 0.2) is 5.82 Å². The van der Waals surface area contributed by atoms with Gasteiger partial charge in [-0.3, -0.25) is 20.7 Å². The fraction of sp³-hybridized carbons (Fsp3) is 0.235. The highest BCUT2D eigenvalue weighted by Gasteiger charge is 2.17. The summed E-state index contributed by atoms with van der Waals surface area (Å²) in [7, 11) is 0. The lowest BCUT2D eigenvalue weighted by atomic mass is 9.92. The molecule has 0 saturated heterocycles. The molecule has 124 valence electrons. The van der Waals surface area contributed by atoms with Gasteiger partial charge in [0.05, 0.1) is 5.00 Å². The molecule has 7 heteroatoms. The average Bonchev–Trinajstić information content (AvgIpc) is 3.17. The highest BCUT2D eigenvalue weighted by atomic mass is 32.1. The Morgan fingerprint density at radius 2 is 1.88 bits per heavy atom. The molecule has 3 aromatic heterocycles. The van der Waals surface area contributed by atoms with Crippen molar-refractivity contribution in [1.29, 1.82) is 0 Å². The van der Waals surface area contributed by atoms with Crippen molar-refractivity contribution < 1.29 is 4.79 Å². The van der Waals surface area contributed by atoms with Crippen molar-refractivity contribution in [2.75, 3.05) is 10.6 Å². The van der Waals surface area contributed by atoms with Gasteiger partial charge in [-0.2, -0.15) is 5.10 Å². The van der Waals surface area contributed by atoms with Crippen molar-refractivity contribution in [2.24, 2.45) is 0 Å². The Labute approximate surface area is 144 Å². The summed E-state index contributed by atoms with van der Waals surface area (Å²) in [5, 5.41) is 15.4. The van der Waals surface area contributed by atoms with Crippen LogP contribution in [-0.2, 0) is 5.41 Å². The molecular formula is C17H19N5OS. The van der Waals surface area contributed by atoms with E-state index in [1.807, 2.05) is 29.6 Å². The topological polar surface area (TPSA) is 82.7 Å². The Balaban J connectivity index is 1.63. The first kappa shape index (κ1) is 16.2. The minimum Gasteiger partial charge on any atom is -0.299 e. The Hall–Kier alpha value is -2.67. The van der Waals surface area contributed by atoms with Gasteiger partial charge in [0.1, 0.15) is 0 Å². The summed E-state index contributed by atoms with van der Waals surface area (Å²) in [5.41, 5.74) is 3.04. The largest absolute Gasteiger partial charge is 0.325 e. The van der Waals surface area contributed by atoms with Crippen molar-refractivity contribution >= 4 is 28.2 Å². The highest BCUT2D eigenvalue weighted by Crippen LogP contribution is 2.28. The normalized spacial score (nSPS) is 11.3. The number of carbonyl (C=O) groups excluding carboxylic acids is 1. The van der Waals surface area contributed by atoms with Gasteiger partial charge in [0.2, 0.25) is 0 Å². The van der Waals surface area contributed by atoms with Gasteiger partial charge in [-0.25, -0.2) is 4.79 Å². The molecule has 3 N–H and O–H groups in total. The number of nitrogens with one attached hydrogen (secondary N) is 3. The summed E-state index contributed by atoms with van der Waals surface area (Å²) in [6, 6.07) is 7.33. The minimum absolute atomic E-state index is 0.0450. The number of pyridine rings is 1. The van der Waals surface area contributed by atoms with Crippen molar-refractivity contribution in [3.8, 4) is 11.1 Å². The lowest BCUT2D eigenvalue weighted by molar-refractivity contribution is 0.262. The van der Waals surface area contributed by atoms with Crippen molar-refractivity contribution in [3.63, 3.8) is 0 Å². The predicted molar refractivity (Wildman–Crippen MR) is 97.5 cm³/mol. The van der Waals surface area contributed by atoms with E-state index in [1.165, 1.54) is 11.3 Å². The fourth-order valence-corrected chi connectivity index (χ4v) is 2.93. The molecule has 3 heterocycles. The van der Waals surface area contributed by atoms with E-state index in [4.69, 9.17) is 0 Å². The van der Waals surface area contributed by atoms with Gasteiger partial charge >= 0.3 is 6.03 Å². The molecule has 0 saturated carbocycles. The number of anilines is 2. The monoisotopic (exact) mass is 341 g/mol. The molecule has 3 aromatic rings. The van der Waals surface area contributed by atoms with Gasteiger partial charge in [-0.15, -0.1) is 11.3 Å². The van der Waals surface area contributed by atoms with E-state index in [1.54, 1.807) is 12.4 Å². The molecule has 3 rings (SSSR count). The van der Waals surface area contributed by atoms with Crippen LogP contribution in [0.4, 0.5) is 15.6 Å². The zero-order chi connectivity index (χ0) is 17.2. The number of thiophene rings is 1. The fourth-order valence-electron chi connectivity index (χ4n) is 2.13. The van der Waals surface area contributed by atoms with Crippen LogP contribution in [0, 0.1) is 0 Å². The molecule has 0 unspecified atom stereocenters. The molecule has 0 spiro atoms. The first-order chi connectivity index (χ1) is 11.4. The minimum atomic E-state index is -0.315. The average molecular weight is 341 g/mol. The van der Waals surface area contributed by atoms with Gasteiger partial charge in [0, 0.05) is 34.9 Å². The Kier molecular flexibility index (Phi) is 4.35. The molecular weight excluding hydrogens is 322 g/mol. The Bertz CT molecular complexity index is 832. The number of urea groups is 1. The summed E-state index contributed by atoms with van der Waals surface area (Å²) in [6.45, 7) is 6.24. The first-order valence-electron chi connectivity index (χ1n) is 7.54. The van der Waals surface area contributed by atoms with E-state index in [9.17, 15) is 4.79 Å². The smallest absolute Gasteiger partial charge is 0.299 e. The number of nitrogens with zero attached hydrogens (tertiary/aromatic N) is 2. The lowest BCUT2D eigenvalue weighted by Gasteiger charge is -2.14. The number of aromatic amines is 1. The summed E-state index contributed by atoms with van der Waals surface area (Å²) >= 11 is 1.47. The maximum absolute atomic E-state index is 12.1. The molecule has 0 fully saturated rings. The van der Waals surface area contributed by atoms with E-state index >= 15 is 0 Å². The lowest BCUT2D eigenvalue weighted by Crippen LogP contribution is -2.19. The molecule has 6 nitrogen and oxygen atoms in total. The molecule has 0 bridgehead atoms. The number of hydrogen-bond acceptors (Lipinski definition) is 4. The first-order valence-corrected chi connectivity index (χ1v) is 8.42. The third-order valence-corrected chi connectivity index (χ3v) is 4.32. The predicted octanol–water partition coefficient (Wildman–Crippen LogP) is 4.47. The van der Waals surface area contributed by atoms with Crippen LogP contribution in [0.1, 0.15) is 26.5 Å². The summed E-state index contributed by atoms with van der Waals surface area (Å²) in [5.74, 6) is 0.503. The molecule has 2 amide bonds.